The molecule has 0 N–H and O–H groups in total. The Morgan fingerprint density at radius 1 is 1.21 bits per heavy atom. The van der Waals surface area contributed by atoms with Crippen LogP contribution < -0.4 is 4.90 Å². The number of likely N-dealkylation sites (tertiary alicyclic amines) is 1. The van der Waals surface area contributed by atoms with Gasteiger partial charge in [0.05, 0.1) is 5.92 Å². The number of amides is 1. The summed E-state index contributed by atoms with van der Waals surface area (Å²) in [6.07, 6.45) is 3.06. The van der Waals surface area contributed by atoms with Gasteiger partial charge in [-0.05, 0) is 45.0 Å². The molecule has 128 valence electrons. The summed E-state index contributed by atoms with van der Waals surface area (Å²) in [5.74, 6) is 1.29. The van der Waals surface area contributed by atoms with Crippen LogP contribution in [-0.2, 0) is 4.79 Å². The SMILES string of the molecule is CN1CCCC(C(=O)N2CCCN(c3cccc(C#N)n3)CC2)C1. The molecule has 6 nitrogen and oxygen atoms in total. The third kappa shape index (κ3) is 3.85. The molecule has 0 spiro atoms. The molecule has 0 aromatic carbocycles. The van der Waals surface area contributed by atoms with Gasteiger partial charge in [-0.15, -0.1) is 0 Å². The molecule has 3 heterocycles. The molecule has 3 rings (SSSR count). The highest BCUT2D eigenvalue weighted by Crippen LogP contribution is 2.20. The van der Waals surface area contributed by atoms with Crippen LogP contribution in [0.3, 0.4) is 0 Å². The van der Waals surface area contributed by atoms with Crippen LogP contribution in [0.15, 0.2) is 18.2 Å². The lowest BCUT2D eigenvalue weighted by Gasteiger charge is -2.32. The summed E-state index contributed by atoms with van der Waals surface area (Å²) in [7, 11) is 2.09. The second-order valence-electron chi connectivity index (χ2n) is 6.76. The van der Waals surface area contributed by atoms with E-state index < -0.39 is 0 Å². The highest BCUT2D eigenvalue weighted by molar-refractivity contribution is 5.79. The van der Waals surface area contributed by atoms with Crippen LogP contribution in [0.2, 0.25) is 0 Å². The highest BCUT2D eigenvalue weighted by atomic mass is 16.2. The Hall–Kier alpha value is -2.13. The zero-order valence-corrected chi connectivity index (χ0v) is 14.3. The van der Waals surface area contributed by atoms with Gasteiger partial charge in [0, 0.05) is 32.7 Å². The Morgan fingerprint density at radius 2 is 2.08 bits per heavy atom. The van der Waals surface area contributed by atoms with E-state index in [-0.39, 0.29) is 5.92 Å². The zero-order valence-electron chi connectivity index (χ0n) is 14.3. The van der Waals surface area contributed by atoms with Crippen LogP contribution in [0, 0.1) is 17.2 Å². The molecular weight excluding hydrogens is 302 g/mol. The first-order chi connectivity index (χ1) is 11.7. The monoisotopic (exact) mass is 327 g/mol. The third-order valence-electron chi connectivity index (χ3n) is 4.95. The van der Waals surface area contributed by atoms with E-state index in [1.165, 1.54) is 0 Å². The van der Waals surface area contributed by atoms with Crippen molar-refractivity contribution in [2.45, 2.75) is 19.3 Å². The summed E-state index contributed by atoms with van der Waals surface area (Å²) in [6.45, 7) is 5.17. The minimum Gasteiger partial charge on any atom is -0.355 e. The molecule has 0 saturated carbocycles. The van der Waals surface area contributed by atoms with Gasteiger partial charge in [-0.2, -0.15) is 5.26 Å². The molecule has 0 aliphatic carbocycles. The van der Waals surface area contributed by atoms with Crippen molar-refractivity contribution in [3.8, 4) is 6.07 Å². The topological polar surface area (TPSA) is 63.5 Å². The molecule has 6 heteroatoms. The summed E-state index contributed by atoms with van der Waals surface area (Å²) in [5, 5.41) is 9.01. The number of carbonyl (C=O) groups excluding carboxylic acids is 1. The maximum atomic E-state index is 12.8. The molecular formula is C18H25N5O. The van der Waals surface area contributed by atoms with Crippen molar-refractivity contribution in [3.05, 3.63) is 23.9 Å². The molecule has 0 radical (unpaired) electrons. The van der Waals surface area contributed by atoms with E-state index in [0.29, 0.717) is 11.6 Å². The predicted molar refractivity (Wildman–Crippen MR) is 92.6 cm³/mol. The molecule has 1 atom stereocenters. The number of pyridine rings is 1. The normalized spacial score (nSPS) is 22.8. The van der Waals surface area contributed by atoms with Crippen molar-refractivity contribution in [3.63, 3.8) is 0 Å². The first-order valence-corrected chi connectivity index (χ1v) is 8.77. The number of rotatable bonds is 2. The van der Waals surface area contributed by atoms with Gasteiger partial charge in [0.15, 0.2) is 0 Å². The fourth-order valence-electron chi connectivity index (χ4n) is 3.65. The molecule has 2 fully saturated rings. The van der Waals surface area contributed by atoms with Crippen LogP contribution in [0.4, 0.5) is 5.82 Å². The lowest BCUT2D eigenvalue weighted by Crippen LogP contribution is -2.44. The largest absolute Gasteiger partial charge is 0.355 e. The number of aromatic nitrogens is 1. The van der Waals surface area contributed by atoms with Gasteiger partial charge in [0.2, 0.25) is 5.91 Å². The second kappa shape index (κ2) is 7.63. The maximum absolute atomic E-state index is 12.8. The first kappa shape index (κ1) is 16.7. The Labute approximate surface area is 143 Å². The highest BCUT2D eigenvalue weighted by Gasteiger charge is 2.29. The van der Waals surface area contributed by atoms with Gasteiger partial charge in [-0.1, -0.05) is 6.07 Å². The Morgan fingerprint density at radius 3 is 2.88 bits per heavy atom. The number of hydrogen-bond donors (Lipinski definition) is 0. The number of anilines is 1. The molecule has 2 aliphatic heterocycles. The summed E-state index contributed by atoms with van der Waals surface area (Å²) < 4.78 is 0. The van der Waals surface area contributed by atoms with Crippen molar-refractivity contribution < 1.29 is 4.79 Å². The molecule has 1 aromatic heterocycles. The van der Waals surface area contributed by atoms with E-state index in [4.69, 9.17) is 5.26 Å². The van der Waals surface area contributed by atoms with E-state index >= 15 is 0 Å². The molecule has 2 aliphatic rings. The lowest BCUT2D eigenvalue weighted by atomic mass is 9.97. The molecule has 24 heavy (non-hydrogen) atoms. The van der Waals surface area contributed by atoms with E-state index in [0.717, 1.165) is 64.3 Å². The van der Waals surface area contributed by atoms with Gasteiger partial charge in [0.25, 0.3) is 0 Å². The molecule has 1 aromatic rings. The summed E-state index contributed by atoms with van der Waals surface area (Å²) >= 11 is 0. The Kier molecular flexibility index (Phi) is 5.31. The average molecular weight is 327 g/mol. The minimum absolute atomic E-state index is 0.148. The average Bonchev–Trinajstić information content (AvgIpc) is 2.87. The zero-order chi connectivity index (χ0) is 16.9. The molecule has 1 amide bonds. The maximum Gasteiger partial charge on any atom is 0.227 e. The molecule has 1 unspecified atom stereocenters. The Balaban J connectivity index is 1.62. The number of nitriles is 1. The van der Waals surface area contributed by atoms with Crippen LogP contribution in [-0.4, -0.2) is 67.0 Å². The lowest BCUT2D eigenvalue weighted by molar-refractivity contribution is -0.136. The Bertz CT molecular complexity index is 626. The number of piperidine rings is 1. The van der Waals surface area contributed by atoms with Gasteiger partial charge >= 0.3 is 0 Å². The summed E-state index contributed by atoms with van der Waals surface area (Å²) in [4.78, 5) is 23.7. The van der Waals surface area contributed by atoms with Crippen LogP contribution in [0.25, 0.3) is 0 Å². The smallest absolute Gasteiger partial charge is 0.227 e. The quantitative estimate of drug-likeness (QED) is 0.820. The fourth-order valence-corrected chi connectivity index (χ4v) is 3.65. The molecule has 2 saturated heterocycles. The second-order valence-corrected chi connectivity index (χ2v) is 6.76. The number of carbonyl (C=O) groups is 1. The van der Waals surface area contributed by atoms with Crippen molar-refractivity contribution in [2.75, 3.05) is 51.2 Å². The summed E-state index contributed by atoms with van der Waals surface area (Å²) in [5.41, 5.74) is 0.440. The number of nitrogens with zero attached hydrogens (tertiary/aromatic N) is 5. The van der Waals surface area contributed by atoms with Crippen LogP contribution >= 0.6 is 0 Å². The van der Waals surface area contributed by atoms with Crippen LogP contribution in [0.1, 0.15) is 25.0 Å². The van der Waals surface area contributed by atoms with Crippen molar-refractivity contribution >= 4 is 11.7 Å². The molecule has 0 bridgehead atoms. The fraction of sp³-hybridized carbons (Fsp3) is 0.611. The van der Waals surface area contributed by atoms with Gasteiger partial charge in [-0.3, -0.25) is 4.79 Å². The van der Waals surface area contributed by atoms with Crippen molar-refractivity contribution in [2.24, 2.45) is 5.92 Å². The first-order valence-electron chi connectivity index (χ1n) is 8.77. The van der Waals surface area contributed by atoms with Gasteiger partial charge in [0.1, 0.15) is 17.6 Å². The van der Waals surface area contributed by atoms with E-state index in [1.807, 2.05) is 17.0 Å². The van der Waals surface area contributed by atoms with Crippen molar-refractivity contribution in [1.82, 2.24) is 14.8 Å². The third-order valence-corrected chi connectivity index (χ3v) is 4.95. The number of hydrogen-bond acceptors (Lipinski definition) is 5. The van der Waals surface area contributed by atoms with E-state index in [1.54, 1.807) is 6.07 Å². The van der Waals surface area contributed by atoms with Gasteiger partial charge in [-0.25, -0.2) is 4.98 Å². The standard InChI is InChI=1S/C18H25N5O/c1-21-8-3-5-15(14-21)18(24)23-10-4-9-22(11-12-23)17-7-2-6-16(13-19)20-17/h2,6-7,15H,3-5,8-12,14H2,1H3. The van der Waals surface area contributed by atoms with Crippen molar-refractivity contribution in [1.29, 1.82) is 5.26 Å². The minimum atomic E-state index is 0.148. The van der Waals surface area contributed by atoms with E-state index in [2.05, 4.69) is 27.9 Å². The predicted octanol–water partition coefficient (Wildman–Crippen LogP) is 1.33. The van der Waals surface area contributed by atoms with Gasteiger partial charge < -0.3 is 14.7 Å². The summed E-state index contributed by atoms with van der Waals surface area (Å²) in [6, 6.07) is 7.61. The van der Waals surface area contributed by atoms with E-state index in [9.17, 15) is 4.79 Å². The van der Waals surface area contributed by atoms with Crippen LogP contribution in [0.5, 0.6) is 0 Å².